The molecule has 0 N–H and O–H groups in total. The van der Waals surface area contributed by atoms with Gasteiger partial charge in [-0.25, -0.2) is 9.45 Å². The van der Waals surface area contributed by atoms with Crippen molar-refractivity contribution in [2.75, 3.05) is 14.2 Å². The third-order valence-corrected chi connectivity index (χ3v) is 1.98. The van der Waals surface area contributed by atoms with E-state index in [4.69, 9.17) is 4.89 Å². The average Bonchev–Trinajstić information content (AvgIpc) is 1.99. The number of hydrogen-bond acceptors (Lipinski definition) is 5. The largest absolute Gasteiger partial charge is 0.501 e. The number of phosphoric acid groups is 1. The van der Waals surface area contributed by atoms with Crippen molar-refractivity contribution in [1.82, 2.24) is 0 Å². The van der Waals surface area contributed by atoms with Gasteiger partial charge >= 0.3 is 7.82 Å². The van der Waals surface area contributed by atoms with E-state index in [1.165, 1.54) is 14.2 Å². The Morgan fingerprint density at radius 1 is 1.08 bits per heavy atom. The summed E-state index contributed by atoms with van der Waals surface area (Å²) >= 11 is 0. The smallest absolute Gasteiger partial charge is 0.289 e. The van der Waals surface area contributed by atoms with Crippen LogP contribution < -0.4 is 0 Å². The van der Waals surface area contributed by atoms with Gasteiger partial charge in [0.25, 0.3) is 0 Å². The molecule has 0 unspecified atom stereocenters. The maximum absolute atomic E-state index is 11.2. The van der Waals surface area contributed by atoms with Gasteiger partial charge in [-0.15, -0.1) is 4.67 Å². The lowest BCUT2D eigenvalue weighted by atomic mass is 10.2. The molecule has 0 saturated carbocycles. The second kappa shape index (κ2) is 4.35. The highest BCUT2D eigenvalue weighted by Crippen LogP contribution is 2.48. The van der Waals surface area contributed by atoms with Crippen molar-refractivity contribution in [3.05, 3.63) is 0 Å². The Kier molecular flexibility index (Phi) is 4.37. The Morgan fingerprint density at radius 2 is 1.50 bits per heavy atom. The molecule has 0 saturated heterocycles. The van der Waals surface area contributed by atoms with Gasteiger partial charge in [0.15, 0.2) is 0 Å². The van der Waals surface area contributed by atoms with E-state index in [2.05, 4.69) is 13.7 Å². The lowest BCUT2D eigenvalue weighted by Crippen LogP contribution is -2.18. The van der Waals surface area contributed by atoms with Gasteiger partial charge in [0.2, 0.25) is 0 Å². The van der Waals surface area contributed by atoms with Crippen LogP contribution in [0.25, 0.3) is 0 Å². The van der Waals surface area contributed by atoms with Gasteiger partial charge < -0.3 is 0 Å². The second-order valence-corrected chi connectivity index (χ2v) is 4.86. The summed E-state index contributed by atoms with van der Waals surface area (Å²) in [4.78, 5) is 4.76. The highest BCUT2D eigenvalue weighted by molar-refractivity contribution is 7.48. The standard InChI is InChI=1S/C6H15O5P/c1-6(2,3)10-11-12(7,8-4)9-5/h1-5H3. The van der Waals surface area contributed by atoms with Crippen LogP contribution in [0.3, 0.4) is 0 Å². The zero-order valence-corrected chi connectivity index (χ0v) is 8.88. The molecule has 0 aliphatic heterocycles. The molecule has 0 rings (SSSR count). The molecule has 0 aromatic heterocycles. The topological polar surface area (TPSA) is 54.0 Å². The Labute approximate surface area is 72.5 Å². The molecule has 0 aliphatic rings. The van der Waals surface area contributed by atoms with Crippen LogP contribution in [-0.2, 0) is 23.2 Å². The molecule has 0 atom stereocenters. The molecule has 0 aromatic rings. The molecular weight excluding hydrogens is 183 g/mol. The normalized spacial score (nSPS) is 13.4. The molecule has 0 amide bonds. The quantitative estimate of drug-likeness (QED) is 0.393. The lowest BCUT2D eigenvalue weighted by Gasteiger charge is -2.20. The molecular formula is C6H15O5P. The molecule has 0 spiro atoms. The summed E-state index contributed by atoms with van der Waals surface area (Å²) in [5.74, 6) is 0. The van der Waals surface area contributed by atoms with Gasteiger partial charge in [0.1, 0.15) is 0 Å². The molecule has 6 heteroatoms. The van der Waals surface area contributed by atoms with E-state index in [0.717, 1.165) is 0 Å². The van der Waals surface area contributed by atoms with Crippen molar-refractivity contribution >= 4 is 7.82 Å². The fourth-order valence-corrected chi connectivity index (χ4v) is 0.879. The minimum Gasteiger partial charge on any atom is -0.289 e. The fourth-order valence-electron chi connectivity index (χ4n) is 0.293. The van der Waals surface area contributed by atoms with Crippen molar-refractivity contribution < 1.29 is 23.2 Å². The highest BCUT2D eigenvalue weighted by Gasteiger charge is 2.27. The van der Waals surface area contributed by atoms with Crippen molar-refractivity contribution in [3.8, 4) is 0 Å². The minimum absolute atomic E-state index is 0.549. The minimum atomic E-state index is -3.50. The van der Waals surface area contributed by atoms with Crippen molar-refractivity contribution in [2.45, 2.75) is 26.4 Å². The van der Waals surface area contributed by atoms with E-state index in [1.807, 2.05) is 0 Å². The Balaban J connectivity index is 3.99. The molecule has 74 valence electrons. The van der Waals surface area contributed by atoms with Crippen LogP contribution in [0.1, 0.15) is 20.8 Å². The van der Waals surface area contributed by atoms with E-state index < -0.39 is 13.4 Å². The number of rotatable bonds is 4. The zero-order chi connectivity index (χ0) is 9.83. The number of hydrogen-bond donors (Lipinski definition) is 0. The second-order valence-electron chi connectivity index (χ2n) is 3.08. The molecule has 0 radical (unpaired) electrons. The van der Waals surface area contributed by atoms with E-state index in [9.17, 15) is 4.57 Å². The van der Waals surface area contributed by atoms with E-state index in [0.29, 0.717) is 0 Å². The first-order chi connectivity index (χ1) is 5.33. The third kappa shape index (κ3) is 4.85. The summed E-state index contributed by atoms with van der Waals surface area (Å²) in [6, 6.07) is 0. The van der Waals surface area contributed by atoms with Gasteiger partial charge in [-0.1, -0.05) is 0 Å². The van der Waals surface area contributed by atoms with Crippen LogP contribution in [-0.4, -0.2) is 19.8 Å². The maximum atomic E-state index is 11.2. The Morgan fingerprint density at radius 3 is 1.75 bits per heavy atom. The summed E-state index contributed by atoms with van der Waals surface area (Å²) in [6.45, 7) is 5.26. The zero-order valence-electron chi connectivity index (χ0n) is 7.99. The Hall–Kier alpha value is 0.0700. The Bertz CT molecular complexity index is 165. The van der Waals surface area contributed by atoms with Crippen molar-refractivity contribution in [1.29, 1.82) is 0 Å². The van der Waals surface area contributed by atoms with Crippen LogP contribution in [0, 0.1) is 0 Å². The maximum Gasteiger partial charge on any atom is 0.501 e. The lowest BCUT2D eigenvalue weighted by molar-refractivity contribution is -0.288. The molecule has 0 aromatic carbocycles. The molecule has 0 heterocycles. The van der Waals surface area contributed by atoms with Crippen LogP contribution in [0.2, 0.25) is 0 Å². The summed E-state index contributed by atoms with van der Waals surface area (Å²) in [5, 5.41) is 0. The van der Waals surface area contributed by atoms with Gasteiger partial charge in [-0.05, 0) is 20.8 Å². The highest BCUT2D eigenvalue weighted by atomic mass is 31.2. The molecule has 5 nitrogen and oxygen atoms in total. The summed E-state index contributed by atoms with van der Waals surface area (Å²) in [6.07, 6.45) is 0. The predicted octanol–water partition coefficient (Wildman–Crippen LogP) is 2.13. The fraction of sp³-hybridized carbons (Fsp3) is 1.00. The molecule has 12 heavy (non-hydrogen) atoms. The monoisotopic (exact) mass is 198 g/mol. The van der Waals surface area contributed by atoms with Crippen molar-refractivity contribution in [3.63, 3.8) is 0 Å². The van der Waals surface area contributed by atoms with Crippen LogP contribution in [0.15, 0.2) is 0 Å². The van der Waals surface area contributed by atoms with E-state index in [1.54, 1.807) is 20.8 Å². The SMILES string of the molecule is COP(=O)(OC)OOC(C)(C)C. The first-order valence-electron chi connectivity index (χ1n) is 3.42. The molecule has 0 bridgehead atoms. The van der Waals surface area contributed by atoms with Crippen LogP contribution in [0.4, 0.5) is 0 Å². The molecule has 0 aliphatic carbocycles. The average molecular weight is 198 g/mol. The van der Waals surface area contributed by atoms with E-state index in [-0.39, 0.29) is 0 Å². The van der Waals surface area contributed by atoms with Gasteiger partial charge in [-0.3, -0.25) is 9.05 Å². The number of phosphoric ester groups is 1. The predicted molar refractivity (Wildman–Crippen MR) is 43.5 cm³/mol. The van der Waals surface area contributed by atoms with Gasteiger partial charge in [0, 0.05) is 14.2 Å². The van der Waals surface area contributed by atoms with Crippen molar-refractivity contribution in [2.24, 2.45) is 0 Å². The van der Waals surface area contributed by atoms with Crippen LogP contribution in [0.5, 0.6) is 0 Å². The van der Waals surface area contributed by atoms with Gasteiger partial charge in [0.05, 0.1) is 5.60 Å². The molecule has 0 fully saturated rings. The van der Waals surface area contributed by atoms with Gasteiger partial charge in [-0.2, -0.15) is 0 Å². The summed E-state index contributed by atoms with van der Waals surface area (Å²) in [5.41, 5.74) is -0.549. The van der Waals surface area contributed by atoms with Crippen LogP contribution >= 0.6 is 7.82 Å². The first-order valence-corrected chi connectivity index (χ1v) is 4.88. The third-order valence-electron chi connectivity index (χ3n) is 0.826. The summed E-state index contributed by atoms with van der Waals surface area (Å²) < 4.78 is 24.6. The first kappa shape index (κ1) is 12.1. The van der Waals surface area contributed by atoms with E-state index >= 15 is 0 Å². The summed E-state index contributed by atoms with van der Waals surface area (Å²) in [7, 11) is -1.06.